The maximum atomic E-state index is 10.3. The molecule has 184 valence electrons. The Hall–Kier alpha value is -0.900. The molecule has 0 aromatic carbocycles. The van der Waals surface area contributed by atoms with Crippen LogP contribution in [0.15, 0.2) is 11.8 Å². The first kappa shape index (κ1) is 28.1. The van der Waals surface area contributed by atoms with E-state index in [-0.39, 0.29) is 26.2 Å². The van der Waals surface area contributed by atoms with E-state index in [2.05, 4.69) is 0 Å². The molecular weight excluding hydrogens is 420 g/mol. The topological polar surface area (TPSA) is 188 Å². The van der Waals surface area contributed by atoms with Gasteiger partial charge in [-0.2, -0.15) is 0 Å². The largest absolute Gasteiger partial charge is 0.507 e. The van der Waals surface area contributed by atoms with E-state index in [0.29, 0.717) is 19.8 Å². The Morgan fingerprint density at radius 1 is 1.00 bits per heavy atom. The van der Waals surface area contributed by atoms with Crippen LogP contribution in [0.4, 0.5) is 0 Å². The maximum absolute atomic E-state index is 10.3. The lowest BCUT2D eigenvalue weighted by Gasteiger charge is -2.42. The Labute approximate surface area is 181 Å². The smallest absolute Gasteiger partial charge is 0.214 e. The van der Waals surface area contributed by atoms with Crippen molar-refractivity contribution in [3.8, 4) is 0 Å². The van der Waals surface area contributed by atoms with Crippen LogP contribution in [0.25, 0.3) is 0 Å². The Morgan fingerprint density at radius 3 is 2.26 bits per heavy atom. The molecule has 3 unspecified atom stereocenters. The molecule has 1 rings (SSSR count). The third-order valence-corrected chi connectivity index (χ3v) is 4.38. The first-order valence-corrected chi connectivity index (χ1v) is 10.3. The van der Waals surface area contributed by atoms with Gasteiger partial charge in [0.25, 0.3) is 0 Å². The first-order chi connectivity index (χ1) is 14.8. The molecule has 31 heavy (non-hydrogen) atoms. The molecule has 0 spiro atoms. The molecular formula is C19H36O12. The van der Waals surface area contributed by atoms with Gasteiger partial charge in [-0.25, -0.2) is 0 Å². The van der Waals surface area contributed by atoms with Crippen molar-refractivity contribution in [2.45, 2.75) is 62.9 Å². The van der Waals surface area contributed by atoms with E-state index in [1.807, 2.05) is 6.92 Å². The maximum Gasteiger partial charge on any atom is 0.214 e. The van der Waals surface area contributed by atoms with Crippen LogP contribution in [0.2, 0.25) is 0 Å². The van der Waals surface area contributed by atoms with Gasteiger partial charge in [0, 0.05) is 19.6 Å². The highest BCUT2D eigenvalue weighted by Crippen LogP contribution is 2.26. The van der Waals surface area contributed by atoms with E-state index in [9.17, 15) is 30.6 Å². The lowest BCUT2D eigenvalue weighted by molar-refractivity contribution is -0.323. The van der Waals surface area contributed by atoms with Crippen LogP contribution >= 0.6 is 0 Å². The average molecular weight is 456 g/mol. The summed E-state index contributed by atoms with van der Waals surface area (Å²) >= 11 is 0. The predicted molar refractivity (Wildman–Crippen MR) is 105 cm³/mol. The molecule has 0 aromatic heterocycles. The average Bonchev–Trinajstić information content (AvgIpc) is 2.74. The van der Waals surface area contributed by atoms with Crippen molar-refractivity contribution in [2.75, 3.05) is 46.2 Å². The fourth-order valence-electron chi connectivity index (χ4n) is 2.76. The number of aliphatic hydroxyl groups is 7. The quantitative estimate of drug-likeness (QED) is 0.0754. The highest BCUT2D eigenvalue weighted by atomic mass is 16.7. The van der Waals surface area contributed by atoms with Gasteiger partial charge in [-0.05, 0) is 12.5 Å². The first-order valence-electron chi connectivity index (χ1n) is 10.3. The molecule has 7 atom stereocenters. The minimum Gasteiger partial charge on any atom is -0.507 e. The van der Waals surface area contributed by atoms with Gasteiger partial charge >= 0.3 is 0 Å². The van der Waals surface area contributed by atoms with E-state index in [0.717, 1.165) is 12.5 Å². The molecule has 12 nitrogen and oxygen atoms in total. The molecule has 1 fully saturated rings. The van der Waals surface area contributed by atoms with Gasteiger partial charge in [-0.3, -0.25) is 0 Å². The summed E-state index contributed by atoms with van der Waals surface area (Å²) in [5.41, 5.74) is 0. The van der Waals surface area contributed by atoms with Crippen LogP contribution in [-0.2, 0) is 23.7 Å². The van der Waals surface area contributed by atoms with Crippen LogP contribution in [0.1, 0.15) is 19.8 Å². The molecule has 1 aliphatic heterocycles. The van der Waals surface area contributed by atoms with Gasteiger partial charge in [0.1, 0.15) is 30.2 Å². The van der Waals surface area contributed by atoms with Gasteiger partial charge in [0.15, 0.2) is 6.29 Å². The van der Waals surface area contributed by atoms with Crippen molar-refractivity contribution in [1.29, 1.82) is 0 Å². The number of aliphatic hydroxyl groups excluding tert-OH is 7. The third-order valence-electron chi connectivity index (χ3n) is 4.38. The summed E-state index contributed by atoms with van der Waals surface area (Å²) in [4.78, 5) is 0. The molecule has 1 aliphatic rings. The van der Waals surface area contributed by atoms with Gasteiger partial charge < -0.3 is 59.4 Å². The minimum atomic E-state index is -1.97. The van der Waals surface area contributed by atoms with Crippen LogP contribution in [0, 0.1) is 0 Å². The third kappa shape index (κ3) is 10.1. The van der Waals surface area contributed by atoms with E-state index < -0.39 is 55.5 Å². The lowest BCUT2D eigenvalue weighted by atomic mass is 9.99. The molecule has 0 saturated carbocycles. The summed E-state index contributed by atoms with van der Waals surface area (Å²) in [6, 6.07) is 0. The Balaban J connectivity index is 2.51. The van der Waals surface area contributed by atoms with E-state index in [4.69, 9.17) is 28.8 Å². The van der Waals surface area contributed by atoms with Crippen molar-refractivity contribution < 1.29 is 59.4 Å². The molecule has 12 heteroatoms. The monoisotopic (exact) mass is 456 g/mol. The molecule has 0 radical (unpaired) electrons. The number of ether oxygens (including phenoxy) is 5. The molecule has 1 saturated heterocycles. The van der Waals surface area contributed by atoms with Crippen LogP contribution in [-0.4, -0.2) is 125 Å². The normalized spacial score (nSPS) is 29.1. The molecule has 0 aliphatic carbocycles. The van der Waals surface area contributed by atoms with Gasteiger partial charge in [0.2, 0.25) is 6.29 Å². The van der Waals surface area contributed by atoms with Crippen molar-refractivity contribution in [3.63, 3.8) is 0 Å². The number of rotatable bonds is 16. The second kappa shape index (κ2) is 15.8. The fourth-order valence-corrected chi connectivity index (χ4v) is 2.76. The van der Waals surface area contributed by atoms with E-state index in [1.54, 1.807) is 0 Å². The van der Waals surface area contributed by atoms with Gasteiger partial charge in [-0.15, -0.1) is 0 Å². The van der Waals surface area contributed by atoms with Crippen LogP contribution < -0.4 is 0 Å². The summed E-state index contributed by atoms with van der Waals surface area (Å²) < 4.78 is 26.5. The van der Waals surface area contributed by atoms with Crippen molar-refractivity contribution in [2.24, 2.45) is 0 Å². The predicted octanol–water partition coefficient (Wildman–Crippen LogP) is -2.23. The zero-order chi connectivity index (χ0) is 23.2. The second-order valence-electron chi connectivity index (χ2n) is 6.93. The number of hydrogen-bond acceptors (Lipinski definition) is 12. The highest BCUT2D eigenvalue weighted by molar-refractivity contribution is 5.00. The fraction of sp³-hybridized carbons (Fsp3) is 0.895. The lowest BCUT2D eigenvalue weighted by Crippen LogP contribution is -2.61. The van der Waals surface area contributed by atoms with Crippen molar-refractivity contribution in [3.05, 3.63) is 11.8 Å². The highest BCUT2D eigenvalue weighted by Gasteiger charge is 2.46. The zero-order valence-electron chi connectivity index (χ0n) is 17.7. The molecule has 0 amide bonds. The van der Waals surface area contributed by atoms with Crippen molar-refractivity contribution in [1.82, 2.24) is 0 Å². The van der Waals surface area contributed by atoms with E-state index in [1.165, 1.54) is 0 Å². The van der Waals surface area contributed by atoms with Crippen molar-refractivity contribution >= 4 is 0 Å². The van der Waals surface area contributed by atoms with Crippen LogP contribution in [0.5, 0.6) is 0 Å². The molecule has 1 heterocycles. The zero-order valence-corrected chi connectivity index (χ0v) is 17.7. The molecule has 0 bridgehead atoms. The summed E-state index contributed by atoms with van der Waals surface area (Å²) in [6.07, 6.45) is -8.56. The van der Waals surface area contributed by atoms with Crippen LogP contribution in [0.3, 0.4) is 0 Å². The Kier molecular flexibility index (Phi) is 14.4. The van der Waals surface area contributed by atoms with Gasteiger partial charge in [0.05, 0.1) is 39.1 Å². The molecule has 7 N–H and O–H groups in total. The minimum absolute atomic E-state index is 0.0425. The number of hydrogen-bond donors (Lipinski definition) is 7. The second-order valence-corrected chi connectivity index (χ2v) is 6.93. The summed E-state index contributed by atoms with van der Waals surface area (Å²) in [6.45, 7) is 2.72. The SMILES string of the molecule is CCCOCCOCCO[C@H]1OC(CO)[C@@H](O[C@H](O)/C(O)=C\[C@@H](O)CCO)C(O)C1O. The van der Waals surface area contributed by atoms with E-state index >= 15 is 0 Å². The Bertz CT molecular complexity index is 489. The summed E-state index contributed by atoms with van der Waals surface area (Å²) in [5, 5.41) is 68.1. The molecule has 0 aromatic rings. The Morgan fingerprint density at radius 2 is 1.65 bits per heavy atom. The summed E-state index contributed by atoms with van der Waals surface area (Å²) in [7, 11) is 0. The summed E-state index contributed by atoms with van der Waals surface area (Å²) in [5.74, 6) is -0.766. The van der Waals surface area contributed by atoms with Gasteiger partial charge in [-0.1, -0.05) is 6.92 Å². The standard InChI is InChI=1S/C19H36O12/c1-2-5-27-6-7-28-8-9-29-19-16(25)15(24)17(14(11-21)30-19)31-18(26)13(23)10-12(22)3-4-20/h10,12,14-26H,2-9,11H2,1H3/b13-10+/t12-,14?,15?,16?,17+,18-,19-/m0/s1.